The Labute approximate surface area is 184 Å². The molecule has 2 aromatic rings. The van der Waals surface area contributed by atoms with Gasteiger partial charge in [0.2, 0.25) is 0 Å². The molecule has 0 fully saturated rings. The highest BCUT2D eigenvalue weighted by Crippen LogP contribution is 2.39. The molecule has 8 heteroatoms. The summed E-state index contributed by atoms with van der Waals surface area (Å²) >= 11 is 12.2. The average molecular weight is 448 g/mol. The van der Waals surface area contributed by atoms with Gasteiger partial charge >= 0.3 is 5.97 Å². The van der Waals surface area contributed by atoms with E-state index in [1.807, 2.05) is 0 Å². The monoisotopic (exact) mass is 447 g/mol. The van der Waals surface area contributed by atoms with Crippen LogP contribution < -0.4 is 14.4 Å². The van der Waals surface area contributed by atoms with Gasteiger partial charge in [-0.25, -0.2) is 4.79 Å². The first kappa shape index (κ1) is 21.7. The number of anilines is 1. The van der Waals surface area contributed by atoms with Crippen LogP contribution in [0.4, 0.5) is 5.69 Å². The van der Waals surface area contributed by atoms with Gasteiger partial charge in [-0.1, -0.05) is 29.3 Å². The van der Waals surface area contributed by atoms with Crippen LogP contribution in [-0.2, 0) is 14.3 Å². The highest BCUT2D eigenvalue weighted by molar-refractivity contribution is 6.36. The van der Waals surface area contributed by atoms with Crippen LogP contribution in [-0.4, -0.2) is 33.2 Å². The van der Waals surface area contributed by atoms with Crippen LogP contribution in [0.5, 0.6) is 11.5 Å². The van der Waals surface area contributed by atoms with Crippen molar-refractivity contribution >= 4 is 46.8 Å². The quantitative estimate of drug-likeness (QED) is 0.482. The van der Waals surface area contributed by atoms with Crippen molar-refractivity contribution in [2.45, 2.75) is 6.92 Å². The molecule has 0 radical (unpaired) electrons. The van der Waals surface area contributed by atoms with Gasteiger partial charge in [-0.15, -0.1) is 0 Å². The highest BCUT2D eigenvalue weighted by atomic mass is 35.5. The Morgan fingerprint density at radius 2 is 1.70 bits per heavy atom. The summed E-state index contributed by atoms with van der Waals surface area (Å²) in [5, 5.41) is 0.820. The number of methoxy groups -OCH3 is 3. The van der Waals surface area contributed by atoms with Crippen LogP contribution in [0.1, 0.15) is 12.5 Å². The molecule has 0 saturated carbocycles. The number of hydrogen-bond acceptors (Lipinski definition) is 5. The van der Waals surface area contributed by atoms with Crippen LogP contribution in [0.3, 0.4) is 0 Å². The van der Waals surface area contributed by atoms with Gasteiger partial charge in [-0.05, 0) is 42.8 Å². The maximum absolute atomic E-state index is 13.4. The lowest BCUT2D eigenvalue weighted by Crippen LogP contribution is -2.24. The van der Waals surface area contributed by atoms with Crippen molar-refractivity contribution in [3.05, 3.63) is 68.9 Å². The first-order valence-electron chi connectivity index (χ1n) is 8.85. The standard InChI is InChI=1S/C22H19Cl2NO5/c1-12-20(22(27)30-4)16(9-13-5-6-14(23)10-17(13)24)21(26)25(12)15-7-8-18(28-2)19(11-15)29-3/h5-11H,1-4H3/b16-9-. The summed E-state index contributed by atoms with van der Waals surface area (Å²) in [6.45, 7) is 1.67. The zero-order valence-electron chi connectivity index (χ0n) is 16.8. The van der Waals surface area contributed by atoms with Crippen LogP contribution >= 0.6 is 23.2 Å². The number of nitrogens with zero attached hydrogens (tertiary/aromatic N) is 1. The molecule has 156 valence electrons. The van der Waals surface area contributed by atoms with E-state index in [4.69, 9.17) is 37.4 Å². The fourth-order valence-corrected chi connectivity index (χ4v) is 3.69. The van der Waals surface area contributed by atoms with E-state index in [-0.39, 0.29) is 11.1 Å². The first-order chi connectivity index (χ1) is 14.3. The maximum Gasteiger partial charge on any atom is 0.340 e. The van der Waals surface area contributed by atoms with E-state index < -0.39 is 11.9 Å². The Morgan fingerprint density at radius 3 is 2.30 bits per heavy atom. The number of rotatable bonds is 5. The second-order valence-corrected chi connectivity index (χ2v) is 7.20. The number of halogens is 2. The number of ether oxygens (including phenoxy) is 3. The SMILES string of the molecule is COC(=O)C1=C(C)N(c2ccc(OC)c(OC)c2)C(=O)/C1=C\c1ccc(Cl)cc1Cl. The Balaban J connectivity index is 2.16. The predicted octanol–water partition coefficient (Wildman–Crippen LogP) is 4.89. The molecule has 0 bridgehead atoms. The Kier molecular flexibility index (Phi) is 6.39. The van der Waals surface area contributed by atoms with Crippen molar-refractivity contribution in [3.63, 3.8) is 0 Å². The number of esters is 1. The van der Waals surface area contributed by atoms with Crippen LogP contribution in [0.2, 0.25) is 10.0 Å². The van der Waals surface area contributed by atoms with Crippen LogP contribution in [0.15, 0.2) is 53.2 Å². The minimum atomic E-state index is -0.625. The minimum absolute atomic E-state index is 0.156. The lowest BCUT2D eigenvalue weighted by atomic mass is 10.0. The topological polar surface area (TPSA) is 65.1 Å². The molecular weight excluding hydrogens is 429 g/mol. The van der Waals surface area contributed by atoms with Crippen molar-refractivity contribution < 1.29 is 23.8 Å². The molecule has 0 saturated heterocycles. The average Bonchev–Trinajstić information content (AvgIpc) is 2.98. The fourth-order valence-electron chi connectivity index (χ4n) is 3.23. The fraction of sp³-hybridized carbons (Fsp3) is 0.182. The molecule has 0 atom stereocenters. The zero-order valence-corrected chi connectivity index (χ0v) is 18.3. The molecule has 0 N–H and O–H groups in total. The van der Waals surface area contributed by atoms with Crippen molar-refractivity contribution in [3.8, 4) is 11.5 Å². The van der Waals surface area contributed by atoms with Crippen molar-refractivity contribution in [2.24, 2.45) is 0 Å². The number of amides is 1. The summed E-state index contributed by atoms with van der Waals surface area (Å²) in [6, 6.07) is 9.94. The molecule has 0 unspecified atom stereocenters. The third-order valence-electron chi connectivity index (χ3n) is 4.68. The lowest BCUT2D eigenvalue weighted by molar-refractivity contribution is -0.136. The number of carbonyl (C=O) groups is 2. The van der Waals surface area contributed by atoms with Gasteiger partial charge in [0.25, 0.3) is 5.91 Å². The third-order valence-corrected chi connectivity index (χ3v) is 5.24. The summed E-state index contributed by atoms with van der Waals surface area (Å²) in [6.07, 6.45) is 1.55. The van der Waals surface area contributed by atoms with E-state index in [0.29, 0.717) is 38.5 Å². The minimum Gasteiger partial charge on any atom is -0.493 e. The van der Waals surface area contributed by atoms with Crippen LogP contribution in [0, 0.1) is 0 Å². The summed E-state index contributed by atoms with van der Waals surface area (Å²) in [4.78, 5) is 27.3. The van der Waals surface area contributed by atoms with E-state index in [9.17, 15) is 9.59 Å². The number of allylic oxidation sites excluding steroid dienone is 1. The van der Waals surface area contributed by atoms with E-state index >= 15 is 0 Å². The first-order valence-corrected chi connectivity index (χ1v) is 9.60. The highest BCUT2D eigenvalue weighted by Gasteiger charge is 2.38. The number of hydrogen-bond donors (Lipinski definition) is 0. The van der Waals surface area contributed by atoms with Crippen molar-refractivity contribution in [1.82, 2.24) is 0 Å². The smallest absolute Gasteiger partial charge is 0.340 e. The van der Waals surface area contributed by atoms with E-state index in [2.05, 4.69) is 0 Å². The molecule has 0 aromatic heterocycles. The second-order valence-electron chi connectivity index (χ2n) is 6.36. The van der Waals surface area contributed by atoms with Gasteiger partial charge in [0, 0.05) is 21.8 Å². The molecule has 1 aliphatic heterocycles. The van der Waals surface area contributed by atoms with Gasteiger partial charge in [-0.2, -0.15) is 0 Å². The Hall–Kier alpha value is -2.96. The molecule has 0 aliphatic carbocycles. The molecule has 0 spiro atoms. The van der Waals surface area contributed by atoms with Crippen LogP contribution in [0.25, 0.3) is 6.08 Å². The molecule has 6 nitrogen and oxygen atoms in total. The van der Waals surface area contributed by atoms with Gasteiger partial charge < -0.3 is 14.2 Å². The molecule has 30 heavy (non-hydrogen) atoms. The summed E-state index contributed by atoms with van der Waals surface area (Å²) in [7, 11) is 4.29. The van der Waals surface area contributed by atoms with Gasteiger partial charge in [-0.3, -0.25) is 9.69 Å². The second kappa shape index (κ2) is 8.81. The molecular formula is C22H19Cl2NO5. The van der Waals surface area contributed by atoms with E-state index in [0.717, 1.165) is 0 Å². The maximum atomic E-state index is 13.4. The molecule has 1 aliphatic rings. The number of carbonyl (C=O) groups excluding carboxylic acids is 2. The predicted molar refractivity (Wildman–Crippen MR) is 116 cm³/mol. The summed E-state index contributed by atoms with van der Waals surface area (Å²) in [5.41, 5.74) is 1.81. The largest absolute Gasteiger partial charge is 0.493 e. The summed E-state index contributed by atoms with van der Waals surface area (Å²) < 4.78 is 15.5. The van der Waals surface area contributed by atoms with Gasteiger partial charge in [0.1, 0.15) is 0 Å². The molecule has 1 amide bonds. The Bertz CT molecular complexity index is 1090. The zero-order chi connectivity index (χ0) is 22.0. The van der Waals surface area contributed by atoms with E-state index in [1.165, 1.54) is 26.2 Å². The normalized spacial score (nSPS) is 15.1. The lowest BCUT2D eigenvalue weighted by Gasteiger charge is -2.19. The van der Waals surface area contributed by atoms with Gasteiger partial charge in [0.15, 0.2) is 11.5 Å². The van der Waals surface area contributed by atoms with Crippen molar-refractivity contribution in [2.75, 3.05) is 26.2 Å². The molecule has 2 aromatic carbocycles. The molecule has 1 heterocycles. The molecule has 3 rings (SSSR count). The van der Waals surface area contributed by atoms with E-state index in [1.54, 1.807) is 49.4 Å². The van der Waals surface area contributed by atoms with Gasteiger partial charge in [0.05, 0.1) is 38.2 Å². The van der Waals surface area contributed by atoms with Crippen molar-refractivity contribution in [1.29, 1.82) is 0 Å². The summed E-state index contributed by atoms with van der Waals surface area (Å²) in [5.74, 6) is -0.0499. The Morgan fingerprint density at radius 1 is 1.00 bits per heavy atom. The third kappa shape index (κ3) is 3.88. The number of benzene rings is 2.